The van der Waals surface area contributed by atoms with Gasteiger partial charge in [0.15, 0.2) is 0 Å². The summed E-state index contributed by atoms with van der Waals surface area (Å²) >= 11 is 3.50. The Bertz CT molecular complexity index is 580. The highest BCUT2D eigenvalue weighted by atomic mass is 79.9. The van der Waals surface area contributed by atoms with E-state index in [9.17, 15) is 5.11 Å². The van der Waals surface area contributed by atoms with Crippen molar-refractivity contribution < 1.29 is 5.11 Å². The third-order valence-corrected chi connectivity index (χ3v) is 4.24. The van der Waals surface area contributed by atoms with Crippen LogP contribution < -0.4 is 0 Å². The van der Waals surface area contributed by atoms with E-state index in [0.717, 1.165) is 36.0 Å². The maximum absolute atomic E-state index is 9.70. The molecule has 2 rings (SSSR count). The molecular weight excluding hydrogens is 328 g/mol. The molecule has 1 heterocycles. The number of hydrogen-bond acceptors (Lipinski definition) is 2. The minimum Gasteiger partial charge on any atom is -0.396 e. The van der Waals surface area contributed by atoms with Gasteiger partial charge in [0.05, 0.1) is 5.69 Å². The lowest BCUT2D eigenvalue weighted by Crippen LogP contribution is -2.16. The van der Waals surface area contributed by atoms with Gasteiger partial charge in [0.2, 0.25) is 0 Å². The van der Waals surface area contributed by atoms with Gasteiger partial charge in [-0.1, -0.05) is 35.0 Å². The average Bonchev–Trinajstić information content (AvgIpc) is 2.88. The van der Waals surface area contributed by atoms with Crippen molar-refractivity contribution in [1.29, 1.82) is 0 Å². The first-order valence-corrected chi connectivity index (χ1v) is 8.36. The van der Waals surface area contributed by atoms with Crippen molar-refractivity contribution in [1.82, 2.24) is 9.78 Å². The molecule has 0 fully saturated rings. The molecule has 0 radical (unpaired) electrons. The number of hydrogen-bond donors (Lipinski definition) is 1. The van der Waals surface area contributed by atoms with Crippen LogP contribution in [0.1, 0.15) is 30.8 Å². The Kier molecular flexibility index (Phi) is 6.00. The number of aliphatic hydroxyl groups excluding tert-OH is 1. The van der Waals surface area contributed by atoms with E-state index in [1.165, 1.54) is 11.3 Å². The van der Waals surface area contributed by atoms with Crippen LogP contribution in [0.2, 0.25) is 0 Å². The molecule has 1 aromatic carbocycles. The summed E-state index contributed by atoms with van der Waals surface area (Å²) in [7, 11) is 0. The number of nitrogens with zero attached hydrogens (tertiary/aromatic N) is 2. The molecule has 0 bridgehead atoms. The third kappa shape index (κ3) is 4.42. The topological polar surface area (TPSA) is 38.0 Å². The average molecular weight is 351 g/mol. The highest BCUT2D eigenvalue weighted by Crippen LogP contribution is 2.18. The molecule has 2 aromatic rings. The van der Waals surface area contributed by atoms with Crippen molar-refractivity contribution >= 4 is 15.9 Å². The van der Waals surface area contributed by atoms with Crippen LogP contribution in [0.4, 0.5) is 0 Å². The van der Waals surface area contributed by atoms with Gasteiger partial charge in [0.1, 0.15) is 0 Å². The summed E-state index contributed by atoms with van der Waals surface area (Å²) < 4.78 is 3.14. The van der Waals surface area contributed by atoms with E-state index >= 15 is 0 Å². The summed E-state index contributed by atoms with van der Waals surface area (Å²) in [5.74, 6) is 0.228. The number of aryl methyl sites for hydroxylation is 2. The minimum atomic E-state index is 0.197. The van der Waals surface area contributed by atoms with E-state index in [2.05, 4.69) is 57.8 Å². The third-order valence-electron chi connectivity index (χ3n) is 3.75. The van der Waals surface area contributed by atoms with E-state index in [1.54, 1.807) is 0 Å². The van der Waals surface area contributed by atoms with Crippen LogP contribution in [0.5, 0.6) is 0 Å². The maximum Gasteiger partial charge on any atom is 0.0624 e. The molecule has 1 aromatic heterocycles. The predicted molar refractivity (Wildman–Crippen MR) is 89.4 cm³/mol. The Morgan fingerprint density at radius 1 is 1.24 bits per heavy atom. The monoisotopic (exact) mass is 350 g/mol. The number of aliphatic hydroxyl groups is 1. The first-order chi connectivity index (χ1) is 10.2. The van der Waals surface area contributed by atoms with Crippen molar-refractivity contribution in [2.45, 2.75) is 39.7 Å². The van der Waals surface area contributed by atoms with Crippen molar-refractivity contribution in [2.75, 3.05) is 6.61 Å². The fraction of sp³-hybridized carbons (Fsp3) is 0.471. The van der Waals surface area contributed by atoms with Crippen LogP contribution in [0.3, 0.4) is 0 Å². The van der Waals surface area contributed by atoms with Gasteiger partial charge in [-0.05, 0) is 55.9 Å². The molecule has 1 N–H and O–H groups in total. The summed E-state index contributed by atoms with van der Waals surface area (Å²) in [5.41, 5.74) is 3.61. The van der Waals surface area contributed by atoms with Crippen LogP contribution in [0.25, 0.3) is 0 Å². The fourth-order valence-corrected chi connectivity index (χ4v) is 3.07. The molecule has 0 saturated carbocycles. The van der Waals surface area contributed by atoms with Gasteiger partial charge >= 0.3 is 0 Å². The quantitative estimate of drug-likeness (QED) is 0.827. The van der Waals surface area contributed by atoms with Crippen LogP contribution >= 0.6 is 15.9 Å². The van der Waals surface area contributed by atoms with Crippen LogP contribution in [-0.4, -0.2) is 21.5 Å². The highest BCUT2D eigenvalue weighted by molar-refractivity contribution is 9.10. The number of halogens is 1. The predicted octanol–water partition coefficient (Wildman–Crippen LogP) is 3.62. The second-order valence-electron chi connectivity index (χ2n) is 5.38. The smallest absolute Gasteiger partial charge is 0.0624 e. The molecule has 1 atom stereocenters. The van der Waals surface area contributed by atoms with Crippen molar-refractivity contribution in [3.63, 3.8) is 0 Å². The molecule has 0 saturated heterocycles. The summed E-state index contributed by atoms with van der Waals surface area (Å²) in [6.45, 7) is 5.31. The fourth-order valence-electron chi connectivity index (χ4n) is 2.62. The molecule has 1 unspecified atom stereocenters. The van der Waals surface area contributed by atoms with E-state index in [-0.39, 0.29) is 12.5 Å². The number of aromatic nitrogens is 2. The summed E-state index contributed by atoms with van der Waals surface area (Å²) in [6.07, 6.45) is 2.70. The Morgan fingerprint density at radius 2 is 2.05 bits per heavy atom. The lowest BCUT2D eigenvalue weighted by atomic mass is 9.95. The van der Waals surface area contributed by atoms with E-state index in [0.29, 0.717) is 0 Å². The van der Waals surface area contributed by atoms with Crippen LogP contribution in [0.15, 0.2) is 34.8 Å². The normalized spacial score (nSPS) is 12.6. The summed E-state index contributed by atoms with van der Waals surface area (Å²) in [4.78, 5) is 0. The van der Waals surface area contributed by atoms with Gasteiger partial charge in [0.25, 0.3) is 0 Å². The lowest BCUT2D eigenvalue weighted by molar-refractivity contribution is 0.223. The lowest BCUT2D eigenvalue weighted by Gasteiger charge is -2.15. The molecule has 3 nitrogen and oxygen atoms in total. The second-order valence-corrected chi connectivity index (χ2v) is 6.30. The molecule has 4 heteroatoms. The van der Waals surface area contributed by atoms with Gasteiger partial charge in [-0.15, -0.1) is 0 Å². The van der Waals surface area contributed by atoms with Crippen molar-refractivity contribution in [3.05, 3.63) is 51.8 Å². The largest absolute Gasteiger partial charge is 0.396 e. The standard InChI is InChI=1S/C17H23BrN2O/c1-3-16-11-17(20(4-2)19-16)10-14(12-21)8-13-6-5-7-15(18)9-13/h5-7,9,11,14,21H,3-4,8,10,12H2,1-2H3. The molecule has 21 heavy (non-hydrogen) atoms. The van der Waals surface area contributed by atoms with Gasteiger partial charge in [0, 0.05) is 23.3 Å². The first kappa shape index (κ1) is 16.2. The second kappa shape index (κ2) is 7.76. The van der Waals surface area contributed by atoms with Gasteiger partial charge in [-0.2, -0.15) is 5.10 Å². The Hall–Kier alpha value is -1.13. The van der Waals surface area contributed by atoms with Crippen LogP contribution in [-0.2, 0) is 25.8 Å². The minimum absolute atomic E-state index is 0.197. The van der Waals surface area contributed by atoms with Gasteiger partial charge in [-0.3, -0.25) is 4.68 Å². The summed E-state index contributed by atoms with van der Waals surface area (Å²) in [6, 6.07) is 10.5. The number of benzene rings is 1. The zero-order valence-corrected chi connectivity index (χ0v) is 14.3. The van der Waals surface area contributed by atoms with Gasteiger partial charge < -0.3 is 5.11 Å². The molecule has 0 amide bonds. The SMILES string of the molecule is CCc1cc(CC(CO)Cc2cccc(Br)c2)n(CC)n1. The molecule has 0 spiro atoms. The van der Waals surface area contributed by atoms with Crippen molar-refractivity contribution in [3.8, 4) is 0 Å². The molecular formula is C17H23BrN2O. The Labute approximate surface area is 135 Å². The van der Waals surface area contributed by atoms with E-state index in [4.69, 9.17) is 0 Å². The molecule has 0 aliphatic carbocycles. The Morgan fingerprint density at radius 3 is 2.67 bits per heavy atom. The van der Waals surface area contributed by atoms with E-state index in [1.807, 2.05) is 12.1 Å². The molecule has 114 valence electrons. The zero-order valence-electron chi connectivity index (χ0n) is 12.7. The number of rotatable bonds is 7. The molecule has 0 aliphatic rings. The summed E-state index contributed by atoms with van der Waals surface area (Å²) in [5, 5.41) is 14.3. The maximum atomic E-state index is 9.70. The molecule has 0 aliphatic heterocycles. The van der Waals surface area contributed by atoms with Crippen molar-refractivity contribution in [2.24, 2.45) is 5.92 Å². The zero-order chi connectivity index (χ0) is 15.2. The van der Waals surface area contributed by atoms with Gasteiger partial charge in [-0.25, -0.2) is 0 Å². The van der Waals surface area contributed by atoms with E-state index < -0.39 is 0 Å². The Balaban J connectivity index is 2.10. The highest BCUT2D eigenvalue weighted by Gasteiger charge is 2.14. The first-order valence-electron chi connectivity index (χ1n) is 7.57. The van der Waals surface area contributed by atoms with Crippen LogP contribution in [0, 0.1) is 5.92 Å².